The molecule has 0 spiro atoms. The monoisotopic (exact) mass is 538 g/mol. The number of carbonyl (C=O) groups is 1. The summed E-state index contributed by atoms with van der Waals surface area (Å²) in [6.45, 7) is 4.03. The Morgan fingerprint density at radius 1 is 0.921 bits per heavy atom. The molecule has 1 aliphatic heterocycles. The average Bonchev–Trinajstić information content (AvgIpc) is 3.45. The van der Waals surface area contributed by atoms with Crippen LogP contribution < -0.4 is 14.4 Å². The summed E-state index contributed by atoms with van der Waals surface area (Å²) in [5.74, 6) is 0.875. The van der Waals surface area contributed by atoms with Crippen LogP contribution in [0.3, 0.4) is 0 Å². The molecular weight excluding hydrogens is 510 g/mol. The minimum absolute atomic E-state index is 0.0119. The molecule has 38 heavy (non-hydrogen) atoms. The van der Waals surface area contributed by atoms with Gasteiger partial charge in [0.05, 0.1) is 18.0 Å². The molecule has 190 valence electrons. The van der Waals surface area contributed by atoms with Crippen LogP contribution in [0.2, 0.25) is 0 Å². The van der Waals surface area contributed by atoms with Gasteiger partial charge in [-0.25, -0.2) is 0 Å². The molecule has 7 heteroatoms. The second-order valence-corrected chi connectivity index (χ2v) is 10.7. The number of fused-ring (bicyclic) bond motifs is 2. The molecule has 0 saturated heterocycles. The minimum Gasteiger partial charge on any atom is -0.395 e. The molecule has 0 saturated carbocycles. The summed E-state index contributed by atoms with van der Waals surface area (Å²) >= 11 is 6.47. The molecule has 4 aromatic rings. The summed E-state index contributed by atoms with van der Waals surface area (Å²) in [7, 11) is 0. The number of thiol groups is 1. The lowest BCUT2D eigenvalue weighted by molar-refractivity contribution is -0.659. The Kier molecular flexibility index (Phi) is 6.66. The molecule has 0 fully saturated rings. The smallest absolute Gasteiger partial charge is 0.263 e. The first-order valence-corrected chi connectivity index (χ1v) is 14.0. The molecule has 0 unspecified atom stereocenters. The first-order chi connectivity index (χ1) is 18.6. The number of hydrogen-bond donors (Lipinski definition) is 2. The van der Waals surface area contributed by atoms with E-state index in [4.69, 9.17) is 12.6 Å². The highest BCUT2D eigenvalue weighted by Crippen LogP contribution is 2.44. The number of para-hydroxylation sites is 3. The van der Waals surface area contributed by atoms with Gasteiger partial charge in [-0.15, -0.1) is 12.6 Å². The molecule has 5 nitrogen and oxygen atoms in total. The van der Waals surface area contributed by atoms with Crippen LogP contribution in [0.15, 0.2) is 107 Å². The minimum atomic E-state index is -0.0119. The number of carbonyl (C=O) groups excluding carboxylic acids is 1. The Morgan fingerprint density at radius 3 is 2.32 bits per heavy atom. The van der Waals surface area contributed by atoms with Crippen LogP contribution in [0, 0.1) is 0 Å². The Bertz CT molecular complexity index is 1640. The van der Waals surface area contributed by atoms with E-state index in [1.807, 2.05) is 60.7 Å². The highest BCUT2D eigenvalue weighted by Gasteiger charge is 2.36. The Hall–Kier alpha value is -3.65. The van der Waals surface area contributed by atoms with Crippen molar-refractivity contribution in [1.82, 2.24) is 0 Å². The largest absolute Gasteiger partial charge is 0.395 e. The molecule has 0 radical (unpaired) electrons. The van der Waals surface area contributed by atoms with Crippen LogP contribution in [0.1, 0.15) is 17.5 Å². The first kappa shape index (κ1) is 24.7. The van der Waals surface area contributed by atoms with E-state index in [1.54, 1.807) is 11.3 Å². The Labute approximate surface area is 231 Å². The molecule has 2 aliphatic rings. The molecule has 1 aliphatic carbocycles. The van der Waals surface area contributed by atoms with Gasteiger partial charge >= 0.3 is 0 Å². The quantitative estimate of drug-likeness (QED) is 0.184. The maximum Gasteiger partial charge on any atom is 0.263 e. The zero-order chi connectivity index (χ0) is 26.2. The number of aliphatic hydroxyl groups is 1. The van der Waals surface area contributed by atoms with E-state index in [9.17, 15) is 9.90 Å². The summed E-state index contributed by atoms with van der Waals surface area (Å²) in [5, 5.41) is 10.8. The third kappa shape index (κ3) is 4.17. The predicted octanol–water partition coefficient (Wildman–Crippen LogP) is 5.57. The Balaban J connectivity index is 1.40. The van der Waals surface area contributed by atoms with Gasteiger partial charge in [0.2, 0.25) is 5.52 Å². The lowest BCUT2D eigenvalue weighted by Gasteiger charge is -2.27. The molecule has 6 rings (SSSR count). The molecule has 0 atom stereocenters. The molecule has 1 aromatic heterocycles. The van der Waals surface area contributed by atoms with Crippen molar-refractivity contribution < 1.29 is 14.5 Å². The van der Waals surface area contributed by atoms with Crippen LogP contribution in [-0.4, -0.2) is 30.6 Å². The van der Waals surface area contributed by atoms with Crippen molar-refractivity contribution in [3.05, 3.63) is 117 Å². The summed E-state index contributed by atoms with van der Waals surface area (Å²) in [4.78, 5) is 18.4. The van der Waals surface area contributed by atoms with Crippen molar-refractivity contribution in [1.29, 1.82) is 0 Å². The van der Waals surface area contributed by atoms with Gasteiger partial charge in [0, 0.05) is 46.8 Å². The van der Waals surface area contributed by atoms with E-state index in [0.717, 1.165) is 40.8 Å². The van der Waals surface area contributed by atoms with Gasteiger partial charge in [0.25, 0.3) is 5.01 Å². The van der Waals surface area contributed by atoms with Crippen molar-refractivity contribution in [2.45, 2.75) is 13.5 Å². The number of ketones is 1. The number of rotatable bonds is 7. The number of aromatic nitrogens is 1. The van der Waals surface area contributed by atoms with Gasteiger partial charge < -0.3 is 14.9 Å². The number of allylic oxidation sites excluding steroid dienone is 3. The first-order valence-electron chi connectivity index (χ1n) is 12.7. The summed E-state index contributed by atoms with van der Waals surface area (Å²) in [6.07, 6.45) is 3.90. The van der Waals surface area contributed by atoms with Crippen molar-refractivity contribution in [2.24, 2.45) is 0 Å². The Morgan fingerprint density at radius 2 is 1.61 bits per heavy atom. The van der Waals surface area contributed by atoms with Crippen LogP contribution >= 0.6 is 24.0 Å². The van der Waals surface area contributed by atoms with Crippen molar-refractivity contribution in [3.63, 3.8) is 0 Å². The number of nitrogens with zero attached hydrogens (tertiary/aromatic N) is 3. The summed E-state index contributed by atoms with van der Waals surface area (Å²) < 4.78 is 3.44. The van der Waals surface area contributed by atoms with Crippen LogP contribution in [-0.2, 0) is 11.3 Å². The maximum atomic E-state index is 13.5. The third-order valence-electron chi connectivity index (χ3n) is 7.02. The lowest BCUT2D eigenvalue weighted by Crippen LogP contribution is -2.36. The molecule has 1 N–H and O–H groups in total. The standard InChI is InChI=1S/C31H27N3O2S2/c1-2-32-24-12-6-7-13-25(24)33(16-17-35)28(32)18-22-30(36)23(31(22)37)19-29-34(20-21-10-4-3-5-11-21)26-14-8-9-15-27(26)38-29/h3-15,18-19,35H,2,16-17,20H2,1H3/p+1. The molecule has 0 bridgehead atoms. The zero-order valence-electron chi connectivity index (χ0n) is 21.0. The van der Waals surface area contributed by atoms with Crippen LogP contribution in [0.5, 0.6) is 0 Å². The van der Waals surface area contributed by atoms with E-state index < -0.39 is 0 Å². The normalized spacial score (nSPS) is 17.2. The molecule has 2 heterocycles. The van der Waals surface area contributed by atoms with Crippen molar-refractivity contribution in [2.75, 3.05) is 29.5 Å². The SMILES string of the molecule is CCN1C(=CC2=C(S)C(=Cc3sc4ccccc4[n+]3Cc3ccccc3)C2=O)N(CCO)c2ccccc21. The molecular formula is C31H28N3O2S2+. The molecule has 3 aromatic carbocycles. The number of benzene rings is 3. The van der Waals surface area contributed by atoms with Crippen LogP contribution in [0.25, 0.3) is 16.3 Å². The van der Waals surface area contributed by atoms with E-state index in [-0.39, 0.29) is 12.4 Å². The second-order valence-electron chi connectivity index (χ2n) is 9.24. The van der Waals surface area contributed by atoms with E-state index in [2.05, 4.69) is 51.6 Å². The van der Waals surface area contributed by atoms with Gasteiger partial charge in [-0.2, -0.15) is 4.57 Å². The number of thiazole rings is 1. The summed E-state index contributed by atoms with van der Waals surface area (Å²) in [6, 6.07) is 26.8. The van der Waals surface area contributed by atoms with Gasteiger partial charge in [-0.1, -0.05) is 65.9 Å². The number of Topliss-reactive ketones (excluding diaryl/α,β-unsaturated/α-hetero) is 1. The van der Waals surface area contributed by atoms with E-state index in [1.165, 1.54) is 10.3 Å². The maximum absolute atomic E-state index is 13.5. The number of aliphatic hydroxyl groups excluding tert-OH is 1. The van der Waals surface area contributed by atoms with Gasteiger partial charge in [0.1, 0.15) is 10.5 Å². The average molecular weight is 539 g/mol. The number of hydrogen-bond acceptors (Lipinski definition) is 6. The fourth-order valence-electron chi connectivity index (χ4n) is 5.19. The van der Waals surface area contributed by atoms with E-state index in [0.29, 0.717) is 22.6 Å². The fraction of sp³-hybridized carbons (Fsp3) is 0.161. The number of anilines is 2. The zero-order valence-corrected chi connectivity index (χ0v) is 22.8. The fourth-order valence-corrected chi connectivity index (χ4v) is 6.63. The van der Waals surface area contributed by atoms with Gasteiger partial charge in [-0.3, -0.25) is 4.79 Å². The highest BCUT2D eigenvalue weighted by atomic mass is 32.1. The third-order valence-corrected chi connectivity index (χ3v) is 8.61. The van der Waals surface area contributed by atoms with E-state index >= 15 is 0 Å². The number of β-amino-alcohol motifs (C(OH)–C–C–N with tert-alkyl or cyclic N) is 1. The predicted molar refractivity (Wildman–Crippen MR) is 159 cm³/mol. The lowest BCUT2D eigenvalue weighted by atomic mass is 9.89. The molecule has 0 amide bonds. The van der Waals surface area contributed by atoms with Crippen molar-refractivity contribution >= 4 is 57.4 Å². The van der Waals surface area contributed by atoms with Gasteiger partial charge in [0.15, 0.2) is 12.3 Å². The van der Waals surface area contributed by atoms with Gasteiger partial charge in [-0.05, 0) is 31.2 Å². The second kappa shape index (κ2) is 10.3. The van der Waals surface area contributed by atoms with Crippen molar-refractivity contribution in [3.8, 4) is 0 Å². The summed E-state index contributed by atoms with van der Waals surface area (Å²) in [5.41, 5.74) is 5.68. The van der Waals surface area contributed by atoms with Crippen LogP contribution in [0.4, 0.5) is 11.4 Å². The topological polar surface area (TPSA) is 47.7 Å². The highest BCUT2D eigenvalue weighted by molar-refractivity contribution is 7.85.